The van der Waals surface area contributed by atoms with Crippen molar-refractivity contribution in [2.75, 3.05) is 0 Å². The van der Waals surface area contributed by atoms with Gasteiger partial charge in [0.2, 0.25) is 0 Å². The molecule has 0 saturated heterocycles. The van der Waals surface area contributed by atoms with Crippen molar-refractivity contribution in [1.29, 1.82) is 0 Å². The molecule has 0 aliphatic rings. The summed E-state index contributed by atoms with van der Waals surface area (Å²) in [5.41, 5.74) is 2.18. The first kappa shape index (κ1) is 20.2. The highest BCUT2D eigenvalue weighted by Gasteiger charge is 2.24. The van der Waals surface area contributed by atoms with Gasteiger partial charge in [-0.1, -0.05) is 42.8 Å². The molecule has 0 aliphatic heterocycles. The maximum absolute atomic E-state index is 14.2. The fourth-order valence-electron chi connectivity index (χ4n) is 3.19. The van der Waals surface area contributed by atoms with Gasteiger partial charge in [-0.2, -0.15) is 0 Å². The fraction of sp³-hybridized carbons (Fsp3) is 0.261. The van der Waals surface area contributed by atoms with E-state index in [2.05, 4.69) is 4.57 Å². The molecule has 1 heterocycles. The first-order valence-corrected chi connectivity index (χ1v) is 9.81. The van der Waals surface area contributed by atoms with E-state index in [0.29, 0.717) is 18.1 Å². The second-order valence-electron chi connectivity index (χ2n) is 6.93. The summed E-state index contributed by atoms with van der Waals surface area (Å²) in [5.74, 6) is -0.780. The number of rotatable bonds is 7. The molecule has 146 valence electrons. The third-order valence-corrected chi connectivity index (χ3v) is 5.22. The number of carbonyl (C=O) groups excluding carboxylic acids is 1. The van der Waals surface area contributed by atoms with Gasteiger partial charge in [0.05, 0.1) is 12.1 Å². The van der Waals surface area contributed by atoms with Crippen LogP contribution in [0.1, 0.15) is 41.9 Å². The predicted molar refractivity (Wildman–Crippen MR) is 111 cm³/mol. The average molecular weight is 399 g/mol. The number of hydrogen-bond donors (Lipinski definition) is 0. The SMILES string of the molecule is CCC(C)N(Cc1cccn1Cc1cccc(Cl)c1)C(=O)c1ccccc1F. The van der Waals surface area contributed by atoms with Crippen molar-refractivity contribution in [2.45, 2.75) is 39.4 Å². The highest BCUT2D eigenvalue weighted by Crippen LogP contribution is 2.19. The summed E-state index contributed by atoms with van der Waals surface area (Å²) in [6.07, 6.45) is 2.77. The molecule has 2 aromatic carbocycles. The van der Waals surface area contributed by atoms with Crippen LogP contribution in [0.5, 0.6) is 0 Å². The average Bonchev–Trinajstić information content (AvgIpc) is 3.12. The number of hydrogen-bond acceptors (Lipinski definition) is 1. The first-order valence-electron chi connectivity index (χ1n) is 9.43. The van der Waals surface area contributed by atoms with Gasteiger partial charge in [-0.15, -0.1) is 0 Å². The highest BCUT2D eigenvalue weighted by atomic mass is 35.5. The lowest BCUT2D eigenvalue weighted by molar-refractivity contribution is 0.0662. The van der Waals surface area contributed by atoms with Crippen LogP contribution in [0.15, 0.2) is 66.9 Å². The fourth-order valence-corrected chi connectivity index (χ4v) is 3.40. The van der Waals surface area contributed by atoms with Crippen LogP contribution < -0.4 is 0 Å². The molecule has 0 aliphatic carbocycles. The molecule has 0 spiro atoms. The van der Waals surface area contributed by atoms with Gasteiger partial charge in [-0.25, -0.2) is 4.39 Å². The van der Waals surface area contributed by atoms with Crippen molar-refractivity contribution in [3.05, 3.63) is 94.5 Å². The predicted octanol–water partition coefficient (Wildman–Crippen LogP) is 5.77. The van der Waals surface area contributed by atoms with Gasteiger partial charge in [-0.3, -0.25) is 4.79 Å². The molecule has 0 bridgehead atoms. The molecule has 3 rings (SSSR count). The molecule has 1 atom stereocenters. The molecule has 1 amide bonds. The summed E-state index contributed by atoms with van der Waals surface area (Å²) in [6, 6.07) is 17.8. The van der Waals surface area contributed by atoms with E-state index in [1.165, 1.54) is 12.1 Å². The zero-order valence-corrected chi connectivity index (χ0v) is 16.9. The molecular weight excluding hydrogens is 375 g/mol. The zero-order chi connectivity index (χ0) is 20.1. The maximum atomic E-state index is 14.2. The van der Waals surface area contributed by atoms with E-state index >= 15 is 0 Å². The Bertz CT molecular complexity index is 953. The number of aromatic nitrogens is 1. The van der Waals surface area contributed by atoms with Gasteiger partial charge in [0.25, 0.3) is 5.91 Å². The van der Waals surface area contributed by atoms with Gasteiger partial charge < -0.3 is 9.47 Å². The zero-order valence-electron chi connectivity index (χ0n) is 16.1. The Hall–Kier alpha value is -2.59. The molecule has 0 radical (unpaired) electrons. The van der Waals surface area contributed by atoms with E-state index in [1.54, 1.807) is 17.0 Å². The third kappa shape index (κ3) is 4.63. The summed E-state index contributed by atoms with van der Waals surface area (Å²) in [6.45, 7) is 5.08. The Morgan fingerprint density at radius 2 is 1.93 bits per heavy atom. The quantitative estimate of drug-likeness (QED) is 0.496. The molecule has 28 heavy (non-hydrogen) atoms. The Morgan fingerprint density at radius 3 is 2.64 bits per heavy atom. The normalized spacial score (nSPS) is 12.0. The first-order chi connectivity index (χ1) is 13.5. The maximum Gasteiger partial charge on any atom is 0.257 e. The molecule has 3 nitrogen and oxygen atoms in total. The van der Waals surface area contributed by atoms with Gasteiger partial charge in [0.1, 0.15) is 5.82 Å². The molecule has 0 N–H and O–H groups in total. The molecule has 1 unspecified atom stereocenters. The van der Waals surface area contributed by atoms with Gasteiger partial charge in [0.15, 0.2) is 0 Å². The second kappa shape index (κ2) is 9.07. The van der Waals surface area contributed by atoms with Crippen LogP contribution in [-0.4, -0.2) is 21.4 Å². The van der Waals surface area contributed by atoms with Crippen molar-refractivity contribution in [1.82, 2.24) is 9.47 Å². The van der Waals surface area contributed by atoms with E-state index in [9.17, 15) is 9.18 Å². The minimum atomic E-state index is -0.491. The molecule has 0 saturated carbocycles. The number of halogens is 2. The highest BCUT2D eigenvalue weighted by molar-refractivity contribution is 6.30. The molecule has 1 aromatic heterocycles. The molecular formula is C23H24ClFN2O. The monoisotopic (exact) mass is 398 g/mol. The van der Waals surface area contributed by atoms with Gasteiger partial charge in [-0.05, 0) is 55.3 Å². The lowest BCUT2D eigenvalue weighted by atomic mass is 10.1. The van der Waals surface area contributed by atoms with E-state index in [-0.39, 0.29) is 17.5 Å². The number of amides is 1. The third-order valence-electron chi connectivity index (χ3n) is 4.99. The smallest absolute Gasteiger partial charge is 0.257 e. The number of benzene rings is 2. The summed E-state index contributed by atoms with van der Waals surface area (Å²) in [7, 11) is 0. The van der Waals surface area contributed by atoms with E-state index in [1.807, 2.05) is 56.4 Å². The van der Waals surface area contributed by atoms with Gasteiger partial charge in [0, 0.05) is 29.5 Å². The van der Waals surface area contributed by atoms with Gasteiger partial charge >= 0.3 is 0 Å². The number of carbonyl (C=O) groups is 1. The van der Waals surface area contributed by atoms with Crippen molar-refractivity contribution < 1.29 is 9.18 Å². The summed E-state index contributed by atoms with van der Waals surface area (Å²) >= 11 is 6.10. The van der Waals surface area contributed by atoms with Crippen molar-refractivity contribution in [3.8, 4) is 0 Å². The van der Waals surface area contributed by atoms with Crippen molar-refractivity contribution in [2.24, 2.45) is 0 Å². The standard InChI is InChI=1S/C23H24ClFN2O/c1-3-17(2)27(23(28)21-11-4-5-12-22(21)25)16-20-10-7-13-26(20)15-18-8-6-9-19(24)14-18/h4-14,17H,3,15-16H2,1-2H3. The van der Waals surface area contributed by atoms with Crippen LogP contribution in [-0.2, 0) is 13.1 Å². The van der Waals surface area contributed by atoms with Crippen molar-refractivity contribution in [3.63, 3.8) is 0 Å². The summed E-state index contributed by atoms with van der Waals surface area (Å²) < 4.78 is 16.3. The van der Waals surface area contributed by atoms with Crippen LogP contribution in [0, 0.1) is 5.82 Å². The Kier molecular flexibility index (Phi) is 6.53. The van der Waals surface area contributed by atoms with E-state index in [0.717, 1.165) is 17.7 Å². The largest absolute Gasteiger partial charge is 0.345 e. The minimum absolute atomic E-state index is 0.0124. The molecule has 3 aromatic rings. The van der Waals surface area contributed by atoms with E-state index in [4.69, 9.17) is 11.6 Å². The lowest BCUT2D eigenvalue weighted by Crippen LogP contribution is -2.38. The topological polar surface area (TPSA) is 25.2 Å². The van der Waals surface area contributed by atoms with Crippen LogP contribution in [0.4, 0.5) is 4.39 Å². The summed E-state index contributed by atoms with van der Waals surface area (Å²) in [5, 5.41) is 0.696. The summed E-state index contributed by atoms with van der Waals surface area (Å²) in [4.78, 5) is 14.8. The van der Waals surface area contributed by atoms with Crippen molar-refractivity contribution >= 4 is 17.5 Å². The Morgan fingerprint density at radius 1 is 1.14 bits per heavy atom. The number of nitrogens with zero attached hydrogens (tertiary/aromatic N) is 2. The lowest BCUT2D eigenvalue weighted by Gasteiger charge is -2.29. The van der Waals surface area contributed by atoms with Crippen LogP contribution in [0.3, 0.4) is 0 Å². The Balaban J connectivity index is 1.86. The molecule has 0 fully saturated rings. The minimum Gasteiger partial charge on any atom is -0.345 e. The van der Waals surface area contributed by atoms with Crippen LogP contribution >= 0.6 is 11.6 Å². The van der Waals surface area contributed by atoms with Crippen LogP contribution in [0.2, 0.25) is 5.02 Å². The second-order valence-corrected chi connectivity index (χ2v) is 7.36. The molecule has 5 heteroatoms. The van der Waals surface area contributed by atoms with E-state index < -0.39 is 5.82 Å². The Labute approximate surface area is 170 Å². The van der Waals surface area contributed by atoms with Crippen LogP contribution in [0.25, 0.3) is 0 Å².